The molecule has 1 N–H and O–H groups in total. The maximum atomic E-state index is 12.4. The minimum atomic E-state index is -3.50. The molecule has 0 bridgehead atoms. The van der Waals surface area contributed by atoms with E-state index in [4.69, 9.17) is 0 Å². The Morgan fingerprint density at radius 3 is 2.62 bits per heavy atom. The summed E-state index contributed by atoms with van der Waals surface area (Å²) in [7, 11) is -3.50. The Bertz CT molecular complexity index is 842. The number of hydrogen-bond donors (Lipinski definition) is 1. The standard InChI is InChI=1S/C19H26N4O2S/c24-26(25,19-9-5-2-6-10-19)20-14-16-13-18-15-22(11-12-23(18)21-16)17-7-3-1-4-8-17/h2,5-6,9-10,13,17,20H,1,3-4,7-8,11-12,14-15H2. The van der Waals surface area contributed by atoms with Crippen LogP contribution < -0.4 is 4.72 Å². The molecule has 1 saturated carbocycles. The van der Waals surface area contributed by atoms with Gasteiger partial charge in [-0.3, -0.25) is 9.58 Å². The lowest BCUT2D eigenvalue weighted by Crippen LogP contribution is -2.42. The Morgan fingerprint density at radius 2 is 1.85 bits per heavy atom. The van der Waals surface area contributed by atoms with Crippen molar-refractivity contribution in [1.82, 2.24) is 19.4 Å². The number of benzene rings is 1. The van der Waals surface area contributed by atoms with E-state index in [-0.39, 0.29) is 11.4 Å². The van der Waals surface area contributed by atoms with Crippen LogP contribution in [0.3, 0.4) is 0 Å². The lowest BCUT2D eigenvalue weighted by atomic mass is 9.94. The van der Waals surface area contributed by atoms with Crippen molar-refractivity contribution in [1.29, 1.82) is 0 Å². The fourth-order valence-electron chi connectivity index (χ4n) is 4.04. The molecule has 6 nitrogen and oxygen atoms in total. The van der Waals surface area contributed by atoms with Gasteiger partial charge in [0.05, 0.1) is 29.4 Å². The van der Waals surface area contributed by atoms with E-state index in [0.717, 1.165) is 25.3 Å². The van der Waals surface area contributed by atoms with Crippen LogP contribution >= 0.6 is 0 Å². The number of rotatable bonds is 5. The summed E-state index contributed by atoms with van der Waals surface area (Å²) in [5.41, 5.74) is 1.97. The van der Waals surface area contributed by atoms with Crippen molar-refractivity contribution in [3.63, 3.8) is 0 Å². The minimum absolute atomic E-state index is 0.223. The number of nitrogens with zero attached hydrogens (tertiary/aromatic N) is 3. The number of aromatic nitrogens is 2. The fraction of sp³-hybridized carbons (Fsp3) is 0.526. The van der Waals surface area contributed by atoms with E-state index in [1.165, 1.54) is 37.8 Å². The van der Waals surface area contributed by atoms with Crippen LogP contribution in [0.25, 0.3) is 0 Å². The molecule has 0 radical (unpaired) electrons. The SMILES string of the molecule is O=S(=O)(NCc1cc2n(n1)CCN(C1CCCCC1)C2)c1ccccc1. The molecule has 1 aliphatic heterocycles. The van der Waals surface area contributed by atoms with Gasteiger partial charge < -0.3 is 0 Å². The summed E-state index contributed by atoms with van der Waals surface area (Å²) in [6, 6.07) is 11.2. The molecule has 1 fully saturated rings. The van der Waals surface area contributed by atoms with Crippen molar-refractivity contribution in [2.45, 2.75) is 62.7 Å². The van der Waals surface area contributed by atoms with E-state index in [2.05, 4.69) is 14.7 Å². The molecule has 2 aliphatic rings. The number of nitrogens with one attached hydrogen (secondary N) is 1. The Kier molecular flexibility index (Phi) is 5.11. The molecule has 0 unspecified atom stereocenters. The molecule has 140 valence electrons. The molecule has 1 aromatic heterocycles. The predicted molar refractivity (Wildman–Crippen MR) is 100.0 cm³/mol. The average molecular weight is 375 g/mol. The van der Waals surface area contributed by atoms with Gasteiger partial charge in [0.2, 0.25) is 10.0 Å². The first kappa shape index (κ1) is 17.7. The minimum Gasteiger partial charge on any atom is -0.293 e. The monoisotopic (exact) mass is 374 g/mol. The molecular weight excluding hydrogens is 348 g/mol. The van der Waals surface area contributed by atoms with Crippen LogP contribution in [0.4, 0.5) is 0 Å². The van der Waals surface area contributed by atoms with E-state index in [1.807, 2.05) is 10.7 Å². The highest BCUT2D eigenvalue weighted by Gasteiger charge is 2.26. The highest BCUT2D eigenvalue weighted by molar-refractivity contribution is 7.89. The van der Waals surface area contributed by atoms with Crippen LogP contribution in [0.2, 0.25) is 0 Å². The lowest BCUT2D eigenvalue weighted by molar-refractivity contribution is 0.119. The van der Waals surface area contributed by atoms with Crippen molar-refractivity contribution < 1.29 is 8.42 Å². The van der Waals surface area contributed by atoms with Crippen molar-refractivity contribution in [2.75, 3.05) is 6.54 Å². The van der Waals surface area contributed by atoms with Gasteiger partial charge in [-0.25, -0.2) is 13.1 Å². The first-order valence-corrected chi connectivity index (χ1v) is 10.9. The summed E-state index contributed by atoms with van der Waals surface area (Å²) in [6.45, 7) is 3.07. The fourth-order valence-corrected chi connectivity index (χ4v) is 5.06. The molecule has 4 rings (SSSR count). The Labute approximate surface area is 155 Å². The van der Waals surface area contributed by atoms with E-state index < -0.39 is 10.0 Å². The van der Waals surface area contributed by atoms with Crippen molar-refractivity contribution in [3.05, 3.63) is 47.8 Å². The predicted octanol–water partition coefficient (Wildman–Crippen LogP) is 2.51. The molecule has 2 aromatic rings. The third kappa shape index (κ3) is 3.84. The van der Waals surface area contributed by atoms with Gasteiger partial charge in [-0.1, -0.05) is 37.5 Å². The van der Waals surface area contributed by atoms with Crippen LogP contribution in [-0.2, 0) is 29.7 Å². The number of sulfonamides is 1. The molecule has 2 heterocycles. The van der Waals surface area contributed by atoms with Crippen LogP contribution in [0, 0.1) is 0 Å². The summed E-state index contributed by atoms with van der Waals surface area (Å²) >= 11 is 0. The van der Waals surface area contributed by atoms with E-state index >= 15 is 0 Å². The smallest absolute Gasteiger partial charge is 0.240 e. The third-order valence-electron chi connectivity index (χ3n) is 5.47. The average Bonchev–Trinajstić information content (AvgIpc) is 3.10. The van der Waals surface area contributed by atoms with Gasteiger partial charge >= 0.3 is 0 Å². The third-order valence-corrected chi connectivity index (χ3v) is 6.88. The molecular formula is C19H26N4O2S. The maximum Gasteiger partial charge on any atom is 0.240 e. The van der Waals surface area contributed by atoms with Crippen molar-refractivity contribution in [2.24, 2.45) is 0 Å². The van der Waals surface area contributed by atoms with Crippen LogP contribution in [0.15, 0.2) is 41.3 Å². The molecule has 1 aliphatic carbocycles. The summed E-state index contributed by atoms with van der Waals surface area (Å²) < 4.78 is 29.4. The van der Waals surface area contributed by atoms with Crippen molar-refractivity contribution >= 4 is 10.0 Å². The molecule has 0 amide bonds. The van der Waals surface area contributed by atoms with E-state index in [1.54, 1.807) is 30.3 Å². The Hall–Kier alpha value is -1.70. The van der Waals surface area contributed by atoms with Gasteiger partial charge in [-0.2, -0.15) is 5.10 Å². The van der Waals surface area contributed by atoms with Crippen LogP contribution in [0.1, 0.15) is 43.5 Å². The van der Waals surface area contributed by atoms with Gasteiger partial charge in [0.25, 0.3) is 0 Å². The molecule has 1 aromatic carbocycles. The second kappa shape index (κ2) is 7.50. The van der Waals surface area contributed by atoms with Gasteiger partial charge in [-0.05, 0) is 31.0 Å². The van der Waals surface area contributed by atoms with E-state index in [9.17, 15) is 8.42 Å². The lowest BCUT2D eigenvalue weighted by Gasteiger charge is -2.36. The van der Waals surface area contributed by atoms with Crippen LogP contribution in [-0.4, -0.2) is 35.7 Å². The van der Waals surface area contributed by atoms with Gasteiger partial charge in [0.1, 0.15) is 0 Å². The molecule has 7 heteroatoms. The Balaban J connectivity index is 1.40. The first-order chi connectivity index (χ1) is 12.6. The van der Waals surface area contributed by atoms with Crippen LogP contribution in [0.5, 0.6) is 0 Å². The highest BCUT2D eigenvalue weighted by atomic mass is 32.2. The summed E-state index contributed by atoms with van der Waals surface area (Å²) in [4.78, 5) is 2.86. The highest BCUT2D eigenvalue weighted by Crippen LogP contribution is 2.26. The first-order valence-electron chi connectivity index (χ1n) is 9.46. The number of hydrogen-bond acceptors (Lipinski definition) is 4. The second-order valence-electron chi connectivity index (χ2n) is 7.25. The zero-order valence-corrected chi connectivity index (χ0v) is 15.8. The molecule has 0 saturated heterocycles. The Morgan fingerprint density at radius 1 is 1.08 bits per heavy atom. The molecule has 26 heavy (non-hydrogen) atoms. The van der Waals surface area contributed by atoms with Gasteiger partial charge in [0, 0.05) is 19.1 Å². The summed E-state index contributed by atoms with van der Waals surface area (Å²) in [5, 5.41) is 4.59. The van der Waals surface area contributed by atoms with Crippen molar-refractivity contribution in [3.8, 4) is 0 Å². The normalized spacial score (nSPS) is 19.4. The number of fused-ring (bicyclic) bond motifs is 1. The van der Waals surface area contributed by atoms with Gasteiger partial charge in [0.15, 0.2) is 0 Å². The van der Waals surface area contributed by atoms with Gasteiger partial charge in [-0.15, -0.1) is 0 Å². The zero-order chi connectivity index (χ0) is 18.0. The largest absolute Gasteiger partial charge is 0.293 e. The summed E-state index contributed by atoms with van der Waals surface area (Å²) in [6.07, 6.45) is 6.66. The molecule has 0 atom stereocenters. The second-order valence-corrected chi connectivity index (χ2v) is 9.02. The molecule has 0 spiro atoms. The maximum absolute atomic E-state index is 12.4. The quantitative estimate of drug-likeness (QED) is 0.873. The topological polar surface area (TPSA) is 67.2 Å². The van der Waals surface area contributed by atoms with E-state index in [0.29, 0.717) is 6.04 Å². The summed E-state index contributed by atoms with van der Waals surface area (Å²) in [5.74, 6) is 0. The zero-order valence-electron chi connectivity index (χ0n) is 15.0.